The molecule has 1 aromatic heterocycles. The van der Waals surface area contributed by atoms with E-state index in [1.165, 1.54) is 10.9 Å². The van der Waals surface area contributed by atoms with E-state index < -0.39 is 17.4 Å². The molecule has 0 unspecified atom stereocenters. The summed E-state index contributed by atoms with van der Waals surface area (Å²) in [6.07, 6.45) is -0.127. The first-order valence-corrected chi connectivity index (χ1v) is 5.68. The summed E-state index contributed by atoms with van der Waals surface area (Å²) in [4.78, 5) is 13.1. The van der Waals surface area contributed by atoms with Gasteiger partial charge in [0.15, 0.2) is 23.2 Å². The number of tetrazole rings is 1. The minimum atomic E-state index is -1.09. The minimum Gasteiger partial charge on any atom is -0.294 e. The number of aromatic nitrogens is 4. The molecule has 0 N–H and O–H groups in total. The van der Waals surface area contributed by atoms with Crippen LogP contribution in [0.2, 0.25) is 0 Å². The molecule has 0 amide bonds. The second kappa shape index (κ2) is 4.89. The predicted octanol–water partition coefficient (Wildman–Crippen LogP) is 1.68. The number of rotatable bonds is 3. The molecule has 0 aliphatic carbocycles. The van der Waals surface area contributed by atoms with Crippen LogP contribution in [0.3, 0.4) is 0 Å². The number of carbonyl (C=O) groups excluding carboxylic acids is 1. The van der Waals surface area contributed by atoms with Crippen LogP contribution in [0.1, 0.15) is 16.2 Å². The lowest BCUT2D eigenvalue weighted by Gasteiger charge is -2.03. The first-order valence-electron chi connectivity index (χ1n) is 4.88. The van der Waals surface area contributed by atoms with Gasteiger partial charge in [0.2, 0.25) is 0 Å². The molecule has 8 heteroatoms. The lowest BCUT2D eigenvalue weighted by Crippen LogP contribution is -2.08. The number of benzene rings is 1. The van der Waals surface area contributed by atoms with Gasteiger partial charge in [-0.25, -0.2) is 8.78 Å². The van der Waals surface area contributed by atoms with Crippen molar-refractivity contribution in [2.75, 3.05) is 0 Å². The van der Waals surface area contributed by atoms with Crippen LogP contribution in [0.15, 0.2) is 16.6 Å². The van der Waals surface area contributed by atoms with Gasteiger partial charge in [-0.3, -0.25) is 4.79 Å². The summed E-state index contributed by atoms with van der Waals surface area (Å²) in [6.45, 7) is 0. The lowest BCUT2D eigenvalue weighted by molar-refractivity contribution is 0.0989. The van der Waals surface area contributed by atoms with Gasteiger partial charge in [0.25, 0.3) is 0 Å². The fourth-order valence-corrected chi connectivity index (χ4v) is 1.92. The first kappa shape index (κ1) is 12.7. The Morgan fingerprint density at radius 3 is 2.78 bits per heavy atom. The Bertz CT molecular complexity index is 614. The van der Waals surface area contributed by atoms with Crippen molar-refractivity contribution in [3.63, 3.8) is 0 Å². The van der Waals surface area contributed by atoms with E-state index in [2.05, 4.69) is 31.3 Å². The van der Waals surface area contributed by atoms with Crippen molar-refractivity contribution in [3.8, 4) is 0 Å². The fourth-order valence-electron chi connectivity index (χ4n) is 1.37. The van der Waals surface area contributed by atoms with E-state index in [4.69, 9.17) is 0 Å². The van der Waals surface area contributed by atoms with Gasteiger partial charge in [0.05, 0.1) is 17.9 Å². The normalized spacial score (nSPS) is 10.7. The third-order valence-electron chi connectivity index (χ3n) is 2.20. The van der Waals surface area contributed by atoms with Gasteiger partial charge in [0, 0.05) is 5.56 Å². The number of halogens is 3. The third-order valence-corrected chi connectivity index (χ3v) is 2.98. The Kier molecular flexibility index (Phi) is 3.46. The largest absolute Gasteiger partial charge is 0.294 e. The molecule has 0 aliphatic heterocycles. The van der Waals surface area contributed by atoms with Crippen LogP contribution in [-0.2, 0) is 13.5 Å². The van der Waals surface area contributed by atoms with E-state index in [0.29, 0.717) is 0 Å². The Morgan fingerprint density at radius 2 is 2.17 bits per heavy atom. The summed E-state index contributed by atoms with van der Waals surface area (Å²) >= 11 is 2.85. The molecule has 0 saturated carbocycles. The molecule has 2 rings (SSSR count). The predicted molar refractivity (Wildman–Crippen MR) is 60.9 cm³/mol. The maximum atomic E-state index is 13.3. The standard InChI is InChI=1S/C10H7BrF2N4O/c1-17-15-8(14-16-17)4-7(18)5-2-3-6(12)10(13)9(5)11/h2-3H,4H2,1H3. The number of aryl methyl sites for hydroxylation is 1. The topological polar surface area (TPSA) is 60.7 Å². The van der Waals surface area contributed by atoms with Crippen molar-refractivity contribution in [3.05, 3.63) is 39.6 Å². The van der Waals surface area contributed by atoms with Gasteiger partial charge in [-0.1, -0.05) is 0 Å². The number of nitrogens with zero attached hydrogens (tertiary/aromatic N) is 4. The van der Waals surface area contributed by atoms with Crippen LogP contribution in [0.25, 0.3) is 0 Å². The molecule has 2 aromatic rings. The van der Waals surface area contributed by atoms with Gasteiger partial charge < -0.3 is 0 Å². The molecular formula is C10H7BrF2N4O. The van der Waals surface area contributed by atoms with Crippen LogP contribution in [-0.4, -0.2) is 26.0 Å². The highest BCUT2D eigenvalue weighted by Gasteiger charge is 2.18. The highest BCUT2D eigenvalue weighted by atomic mass is 79.9. The van der Waals surface area contributed by atoms with Crippen LogP contribution < -0.4 is 0 Å². The van der Waals surface area contributed by atoms with Crippen molar-refractivity contribution < 1.29 is 13.6 Å². The van der Waals surface area contributed by atoms with E-state index in [-0.39, 0.29) is 22.3 Å². The van der Waals surface area contributed by atoms with Crippen molar-refractivity contribution in [1.29, 1.82) is 0 Å². The third kappa shape index (κ3) is 2.42. The summed E-state index contributed by atoms with van der Waals surface area (Å²) in [5, 5.41) is 11.1. The molecular weight excluding hydrogens is 310 g/mol. The van der Waals surface area contributed by atoms with E-state index in [9.17, 15) is 13.6 Å². The number of Topliss-reactive ketones (excluding diaryl/α,β-unsaturated/α-hetero) is 1. The zero-order chi connectivity index (χ0) is 13.3. The molecule has 1 aromatic carbocycles. The molecule has 0 atom stereocenters. The van der Waals surface area contributed by atoms with E-state index in [1.54, 1.807) is 7.05 Å². The van der Waals surface area contributed by atoms with Gasteiger partial charge >= 0.3 is 0 Å². The molecule has 0 fully saturated rings. The number of ketones is 1. The fraction of sp³-hybridized carbons (Fsp3) is 0.200. The Morgan fingerprint density at radius 1 is 1.44 bits per heavy atom. The van der Waals surface area contributed by atoms with Crippen LogP contribution in [0.4, 0.5) is 8.78 Å². The van der Waals surface area contributed by atoms with Crippen LogP contribution >= 0.6 is 15.9 Å². The van der Waals surface area contributed by atoms with Gasteiger partial charge in [0.1, 0.15) is 0 Å². The van der Waals surface area contributed by atoms with Gasteiger partial charge in [-0.2, -0.15) is 4.80 Å². The molecule has 0 bridgehead atoms. The molecule has 94 valence electrons. The summed E-state index contributed by atoms with van der Waals surface area (Å²) < 4.78 is 26.0. The van der Waals surface area contributed by atoms with Crippen molar-refractivity contribution in [2.24, 2.45) is 7.05 Å². The molecule has 0 aliphatic rings. The Balaban J connectivity index is 2.27. The SMILES string of the molecule is Cn1nnc(CC(=O)c2ccc(F)c(F)c2Br)n1. The van der Waals surface area contributed by atoms with Gasteiger partial charge in [-0.05, 0) is 33.3 Å². The summed E-state index contributed by atoms with van der Waals surface area (Å²) in [5.74, 6) is -2.31. The van der Waals surface area contributed by atoms with Crippen molar-refractivity contribution >= 4 is 21.7 Å². The minimum absolute atomic E-state index is 0.0429. The van der Waals surface area contributed by atoms with E-state index >= 15 is 0 Å². The monoisotopic (exact) mass is 316 g/mol. The molecule has 1 heterocycles. The van der Waals surface area contributed by atoms with Crippen LogP contribution in [0.5, 0.6) is 0 Å². The molecule has 18 heavy (non-hydrogen) atoms. The zero-order valence-corrected chi connectivity index (χ0v) is 10.8. The zero-order valence-electron chi connectivity index (χ0n) is 9.19. The molecule has 0 radical (unpaired) electrons. The summed E-state index contributed by atoms with van der Waals surface area (Å²) in [7, 11) is 1.56. The average Bonchev–Trinajstić information content (AvgIpc) is 2.71. The molecule has 0 spiro atoms. The second-order valence-electron chi connectivity index (χ2n) is 3.52. The highest BCUT2D eigenvalue weighted by molar-refractivity contribution is 9.10. The quantitative estimate of drug-likeness (QED) is 0.638. The molecule has 5 nitrogen and oxygen atoms in total. The Labute approximate surface area is 109 Å². The van der Waals surface area contributed by atoms with Crippen molar-refractivity contribution in [1.82, 2.24) is 20.2 Å². The number of carbonyl (C=O) groups is 1. The summed E-state index contributed by atoms with van der Waals surface area (Å²) in [6, 6.07) is 2.11. The Hall–Kier alpha value is -1.70. The van der Waals surface area contributed by atoms with Gasteiger partial charge in [-0.15, -0.1) is 10.2 Å². The second-order valence-corrected chi connectivity index (χ2v) is 4.31. The van der Waals surface area contributed by atoms with Crippen LogP contribution in [0, 0.1) is 11.6 Å². The maximum Gasteiger partial charge on any atom is 0.182 e. The van der Waals surface area contributed by atoms with E-state index in [0.717, 1.165) is 6.07 Å². The maximum absolute atomic E-state index is 13.3. The summed E-state index contributed by atoms with van der Waals surface area (Å²) in [5.41, 5.74) is 0.0429. The first-order chi connectivity index (χ1) is 8.49. The number of hydrogen-bond donors (Lipinski definition) is 0. The van der Waals surface area contributed by atoms with E-state index in [1.807, 2.05) is 0 Å². The average molecular weight is 317 g/mol. The lowest BCUT2D eigenvalue weighted by atomic mass is 10.1. The molecule has 0 saturated heterocycles. The smallest absolute Gasteiger partial charge is 0.182 e. The number of hydrogen-bond acceptors (Lipinski definition) is 4. The highest BCUT2D eigenvalue weighted by Crippen LogP contribution is 2.23. The van der Waals surface area contributed by atoms with Crippen molar-refractivity contribution in [2.45, 2.75) is 6.42 Å².